The van der Waals surface area contributed by atoms with Crippen molar-refractivity contribution in [1.29, 1.82) is 0 Å². The zero-order valence-corrected chi connectivity index (χ0v) is 13.7. The van der Waals surface area contributed by atoms with Gasteiger partial charge in [0, 0.05) is 19.3 Å². The van der Waals surface area contributed by atoms with Gasteiger partial charge in [0.15, 0.2) is 9.84 Å². The van der Waals surface area contributed by atoms with Gasteiger partial charge in [0.2, 0.25) is 0 Å². The quantitative estimate of drug-likeness (QED) is 0.873. The maximum atomic E-state index is 12.8. The Morgan fingerprint density at radius 3 is 2.26 bits per heavy atom. The molecule has 23 heavy (non-hydrogen) atoms. The third-order valence-corrected chi connectivity index (χ3v) is 4.55. The second-order valence-corrected chi connectivity index (χ2v) is 7.19. The number of aliphatic hydroxyl groups excluding tert-OH is 1. The molecule has 1 N–H and O–H groups in total. The zero-order chi connectivity index (χ0) is 16.9. The summed E-state index contributed by atoms with van der Waals surface area (Å²) >= 11 is 0. The number of hydrogen-bond donors (Lipinski definition) is 1. The Kier molecular flexibility index (Phi) is 5.52. The first-order valence-corrected chi connectivity index (χ1v) is 9.06. The summed E-state index contributed by atoms with van der Waals surface area (Å²) < 4.78 is 23.8. The van der Waals surface area contributed by atoms with Gasteiger partial charge in [0.05, 0.1) is 17.1 Å². The van der Waals surface area contributed by atoms with Crippen LogP contribution in [0.2, 0.25) is 0 Å². The smallest absolute Gasteiger partial charge is 0.255 e. The molecule has 2 rings (SSSR count). The number of nitrogens with zero attached hydrogens (tertiary/aromatic N) is 1. The Balaban J connectivity index is 2.36. The van der Waals surface area contributed by atoms with E-state index in [1.807, 2.05) is 30.3 Å². The first-order valence-electron chi connectivity index (χ1n) is 7.16. The monoisotopic (exact) mass is 333 g/mol. The molecule has 0 bridgehead atoms. The molecular weight excluding hydrogens is 314 g/mol. The van der Waals surface area contributed by atoms with Crippen LogP contribution < -0.4 is 0 Å². The number of amides is 1. The maximum Gasteiger partial charge on any atom is 0.255 e. The molecule has 0 aliphatic heterocycles. The van der Waals surface area contributed by atoms with Gasteiger partial charge in [-0.15, -0.1) is 0 Å². The molecule has 0 aliphatic rings. The molecular formula is C17H19NO4S. The lowest BCUT2D eigenvalue weighted by Crippen LogP contribution is -2.34. The molecule has 0 radical (unpaired) electrons. The van der Waals surface area contributed by atoms with Crippen LogP contribution in [0.1, 0.15) is 15.9 Å². The Hall–Kier alpha value is -2.18. The zero-order valence-electron chi connectivity index (χ0n) is 12.8. The average molecular weight is 333 g/mol. The van der Waals surface area contributed by atoms with E-state index < -0.39 is 15.7 Å². The van der Waals surface area contributed by atoms with Crippen LogP contribution >= 0.6 is 0 Å². The summed E-state index contributed by atoms with van der Waals surface area (Å²) in [6, 6.07) is 15.5. The van der Waals surface area contributed by atoms with E-state index in [1.165, 1.54) is 17.0 Å². The van der Waals surface area contributed by atoms with Gasteiger partial charge in [0.1, 0.15) is 0 Å². The fraction of sp³-hybridized carbons (Fsp3) is 0.235. The van der Waals surface area contributed by atoms with Crippen molar-refractivity contribution in [3.8, 4) is 0 Å². The summed E-state index contributed by atoms with van der Waals surface area (Å²) in [6.45, 7) is 0.240. The summed E-state index contributed by atoms with van der Waals surface area (Å²) in [5.74, 6) is -0.413. The van der Waals surface area contributed by atoms with Crippen molar-refractivity contribution in [2.24, 2.45) is 0 Å². The van der Waals surface area contributed by atoms with Gasteiger partial charge in [0.25, 0.3) is 5.91 Å². The molecule has 0 saturated carbocycles. The largest absolute Gasteiger partial charge is 0.395 e. The minimum atomic E-state index is -3.51. The van der Waals surface area contributed by atoms with Crippen LogP contribution in [-0.2, 0) is 16.4 Å². The highest BCUT2D eigenvalue weighted by Gasteiger charge is 2.22. The van der Waals surface area contributed by atoms with Gasteiger partial charge in [-0.05, 0) is 17.7 Å². The SMILES string of the molecule is CS(=O)(=O)c1ccccc1C(=O)N(CCO)Cc1ccccc1. The Morgan fingerprint density at radius 2 is 1.65 bits per heavy atom. The molecule has 0 aromatic heterocycles. The molecule has 0 saturated heterocycles. The molecule has 0 spiro atoms. The van der Waals surface area contributed by atoms with Crippen molar-refractivity contribution in [2.45, 2.75) is 11.4 Å². The van der Waals surface area contributed by atoms with Crippen LogP contribution in [0.4, 0.5) is 0 Å². The topological polar surface area (TPSA) is 74.7 Å². The molecule has 0 fully saturated rings. The number of sulfone groups is 1. The lowest BCUT2D eigenvalue weighted by Gasteiger charge is -2.23. The van der Waals surface area contributed by atoms with Crippen LogP contribution in [0.3, 0.4) is 0 Å². The molecule has 2 aromatic rings. The van der Waals surface area contributed by atoms with E-state index in [0.29, 0.717) is 6.54 Å². The van der Waals surface area contributed by atoms with Crippen molar-refractivity contribution in [3.63, 3.8) is 0 Å². The predicted octanol–water partition coefficient (Wildman–Crippen LogP) is 1.72. The third kappa shape index (κ3) is 4.40. The van der Waals surface area contributed by atoms with Crippen molar-refractivity contribution < 1.29 is 18.3 Å². The van der Waals surface area contributed by atoms with Gasteiger partial charge >= 0.3 is 0 Å². The fourth-order valence-electron chi connectivity index (χ4n) is 2.31. The van der Waals surface area contributed by atoms with Crippen LogP contribution in [0.5, 0.6) is 0 Å². The van der Waals surface area contributed by atoms with Crippen molar-refractivity contribution in [1.82, 2.24) is 4.90 Å². The Labute approximate surface area is 136 Å². The third-order valence-electron chi connectivity index (χ3n) is 3.39. The summed E-state index contributed by atoms with van der Waals surface area (Å²) in [7, 11) is -3.51. The number of rotatable bonds is 6. The molecule has 6 heteroatoms. The molecule has 0 heterocycles. The normalized spacial score (nSPS) is 11.2. The molecule has 0 atom stereocenters. The summed E-state index contributed by atoms with van der Waals surface area (Å²) in [6.07, 6.45) is 1.08. The van der Waals surface area contributed by atoms with Gasteiger partial charge < -0.3 is 10.0 Å². The highest BCUT2D eigenvalue weighted by atomic mass is 32.2. The minimum absolute atomic E-state index is 0.000927. The van der Waals surface area contributed by atoms with Gasteiger partial charge in [-0.2, -0.15) is 0 Å². The van der Waals surface area contributed by atoms with Crippen LogP contribution in [0.15, 0.2) is 59.5 Å². The van der Waals surface area contributed by atoms with E-state index >= 15 is 0 Å². The Morgan fingerprint density at radius 1 is 1.04 bits per heavy atom. The van der Waals surface area contributed by atoms with Gasteiger partial charge in [-0.25, -0.2) is 8.42 Å². The van der Waals surface area contributed by atoms with E-state index in [4.69, 9.17) is 0 Å². The van der Waals surface area contributed by atoms with Crippen LogP contribution in [0.25, 0.3) is 0 Å². The van der Waals surface area contributed by atoms with E-state index in [9.17, 15) is 18.3 Å². The van der Waals surface area contributed by atoms with Gasteiger partial charge in [-0.1, -0.05) is 42.5 Å². The van der Waals surface area contributed by atoms with Gasteiger partial charge in [-0.3, -0.25) is 4.79 Å². The highest BCUT2D eigenvalue weighted by molar-refractivity contribution is 7.90. The molecule has 2 aromatic carbocycles. The number of hydrogen-bond acceptors (Lipinski definition) is 4. The maximum absolute atomic E-state index is 12.8. The van der Waals surface area contributed by atoms with E-state index in [1.54, 1.807) is 12.1 Å². The molecule has 0 unspecified atom stereocenters. The van der Waals surface area contributed by atoms with Crippen LogP contribution in [-0.4, -0.2) is 43.7 Å². The minimum Gasteiger partial charge on any atom is -0.395 e. The second-order valence-electron chi connectivity index (χ2n) is 5.20. The molecule has 0 aliphatic carbocycles. The molecule has 1 amide bonds. The Bertz CT molecular complexity index is 772. The van der Waals surface area contributed by atoms with Crippen molar-refractivity contribution in [3.05, 3.63) is 65.7 Å². The summed E-state index contributed by atoms with van der Waals surface area (Å²) in [4.78, 5) is 14.2. The molecule has 5 nitrogen and oxygen atoms in total. The number of benzene rings is 2. The molecule has 122 valence electrons. The van der Waals surface area contributed by atoms with E-state index in [0.717, 1.165) is 11.8 Å². The number of carbonyl (C=O) groups excluding carboxylic acids is 1. The average Bonchev–Trinajstić information content (AvgIpc) is 2.54. The van der Waals surface area contributed by atoms with Crippen molar-refractivity contribution >= 4 is 15.7 Å². The van der Waals surface area contributed by atoms with Crippen molar-refractivity contribution in [2.75, 3.05) is 19.4 Å². The first kappa shape index (κ1) is 17.2. The first-order chi connectivity index (χ1) is 10.9. The van der Waals surface area contributed by atoms with E-state index in [2.05, 4.69) is 0 Å². The standard InChI is InChI=1S/C17H19NO4S/c1-23(21,22)16-10-6-5-9-15(16)17(20)18(11-12-19)13-14-7-3-2-4-8-14/h2-10,19H,11-13H2,1H3. The number of carbonyl (C=O) groups is 1. The lowest BCUT2D eigenvalue weighted by atomic mass is 10.1. The summed E-state index contributed by atoms with van der Waals surface area (Å²) in [5, 5.41) is 9.23. The number of aliphatic hydroxyl groups is 1. The fourth-order valence-corrected chi connectivity index (χ4v) is 3.19. The second kappa shape index (κ2) is 7.39. The van der Waals surface area contributed by atoms with E-state index in [-0.39, 0.29) is 23.6 Å². The van der Waals surface area contributed by atoms with Crippen LogP contribution in [0, 0.1) is 0 Å². The predicted molar refractivity (Wildman–Crippen MR) is 87.8 cm³/mol. The lowest BCUT2D eigenvalue weighted by molar-refractivity contribution is 0.0704. The summed E-state index contributed by atoms with van der Waals surface area (Å²) in [5.41, 5.74) is 1.03. The highest BCUT2D eigenvalue weighted by Crippen LogP contribution is 2.18.